The Bertz CT molecular complexity index is 415. The first kappa shape index (κ1) is 14.3. The number of amides is 1. The van der Waals surface area contributed by atoms with Gasteiger partial charge in [-0.1, -0.05) is 32.0 Å². The molecule has 3 nitrogen and oxygen atoms in total. The van der Waals surface area contributed by atoms with E-state index in [2.05, 4.69) is 11.8 Å². The first-order valence-electron chi connectivity index (χ1n) is 8.15. The summed E-state index contributed by atoms with van der Waals surface area (Å²) in [5, 5.41) is 0. The molecule has 2 unspecified atom stereocenters. The van der Waals surface area contributed by atoms with Gasteiger partial charge in [0.05, 0.1) is 10.4 Å². The van der Waals surface area contributed by atoms with Gasteiger partial charge in [-0.3, -0.25) is 4.79 Å². The van der Waals surface area contributed by atoms with E-state index in [1.165, 1.54) is 32.1 Å². The highest BCUT2D eigenvalue weighted by Crippen LogP contribution is 2.49. The standard InChI is InChI=1S/C16H26N2OS/c1-11-9-16(10-11,14(17)20)15(19)18-8-4-6-12-5-2-3-7-13(12)18/h11-13H,2-10H2,1H3,(H2,17,20). The zero-order valence-electron chi connectivity index (χ0n) is 12.4. The molecule has 0 radical (unpaired) electrons. The normalized spacial score (nSPS) is 40.6. The maximum Gasteiger partial charge on any atom is 0.235 e. The first-order chi connectivity index (χ1) is 9.54. The summed E-state index contributed by atoms with van der Waals surface area (Å²) >= 11 is 5.26. The van der Waals surface area contributed by atoms with Crippen LogP contribution in [0.5, 0.6) is 0 Å². The van der Waals surface area contributed by atoms with Crippen molar-refractivity contribution >= 4 is 23.1 Å². The molecule has 2 N–H and O–H groups in total. The smallest absolute Gasteiger partial charge is 0.235 e. The summed E-state index contributed by atoms with van der Waals surface area (Å²) in [6.45, 7) is 3.10. The molecular formula is C16H26N2OS. The maximum absolute atomic E-state index is 13.1. The quantitative estimate of drug-likeness (QED) is 0.797. The summed E-state index contributed by atoms with van der Waals surface area (Å²) in [5.74, 6) is 1.55. The molecule has 0 aromatic carbocycles. The molecular weight excluding hydrogens is 268 g/mol. The number of nitrogens with two attached hydrogens (primary N) is 1. The maximum atomic E-state index is 13.1. The zero-order valence-corrected chi connectivity index (χ0v) is 13.3. The highest BCUT2D eigenvalue weighted by molar-refractivity contribution is 7.80. The Morgan fingerprint density at radius 3 is 2.50 bits per heavy atom. The van der Waals surface area contributed by atoms with E-state index in [-0.39, 0.29) is 5.91 Å². The van der Waals surface area contributed by atoms with Gasteiger partial charge >= 0.3 is 0 Å². The molecule has 1 saturated heterocycles. The lowest BCUT2D eigenvalue weighted by molar-refractivity contribution is -0.150. The average molecular weight is 294 g/mol. The molecule has 0 aromatic heterocycles. The number of piperidine rings is 1. The lowest BCUT2D eigenvalue weighted by Crippen LogP contribution is -2.61. The van der Waals surface area contributed by atoms with Crippen molar-refractivity contribution < 1.29 is 4.79 Å². The predicted molar refractivity (Wildman–Crippen MR) is 84.3 cm³/mol. The van der Waals surface area contributed by atoms with Gasteiger partial charge in [0.1, 0.15) is 0 Å². The molecule has 2 aliphatic carbocycles. The molecule has 1 amide bonds. The van der Waals surface area contributed by atoms with Crippen LogP contribution in [0.1, 0.15) is 58.3 Å². The average Bonchev–Trinajstić information content (AvgIpc) is 2.42. The van der Waals surface area contributed by atoms with Crippen LogP contribution in [0.25, 0.3) is 0 Å². The van der Waals surface area contributed by atoms with Crippen LogP contribution in [-0.4, -0.2) is 28.4 Å². The molecule has 20 heavy (non-hydrogen) atoms. The minimum absolute atomic E-state index is 0.250. The second-order valence-corrected chi connectivity index (χ2v) is 7.65. The number of rotatable bonds is 2. The minimum atomic E-state index is -0.506. The fraction of sp³-hybridized carbons (Fsp3) is 0.875. The molecule has 4 heteroatoms. The summed E-state index contributed by atoms with van der Waals surface area (Å²) in [6, 6.07) is 0.465. The molecule has 0 spiro atoms. The van der Waals surface area contributed by atoms with Crippen LogP contribution in [0.15, 0.2) is 0 Å². The summed E-state index contributed by atoms with van der Waals surface area (Å²) in [6.07, 6.45) is 9.23. The molecule has 1 heterocycles. The van der Waals surface area contributed by atoms with Crippen LogP contribution < -0.4 is 5.73 Å². The van der Waals surface area contributed by atoms with Gasteiger partial charge < -0.3 is 10.6 Å². The van der Waals surface area contributed by atoms with Gasteiger partial charge in [0, 0.05) is 12.6 Å². The highest BCUT2D eigenvalue weighted by Gasteiger charge is 2.54. The third kappa shape index (κ3) is 2.16. The van der Waals surface area contributed by atoms with Gasteiger partial charge in [0.2, 0.25) is 5.91 Å². The number of hydrogen-bond acceptors (Lipinski definition) is 2. The molecule has 1 aliphatic heterocycles. The fourth-order valence-corrected chi connectivity index (χ4v) is 5.02. The summed E-state index contributed by atoms with van der Waals surface area (Å²) in [4.78, 5) is 15.7. The van der Waals surface area contributed by atoms with Crippen molar-refractivity contribution in [2.24, 2.45) is 23.0 Å². The van der Waals surface area contributed by atoms with Gasteiger partial charge in [-0.15, -0.1) is 0 Å². The van der Waals surface area contributed by atoms with E-state index in [0.29, 0.717) is 16.9 Å². The van der Waals surface area contributed by atoms with E-state index in [0.717, 1.165) is 31.7 Å². The van der Waals surface area contributed by atoms with Crippen molar-refractivity contribution in [2.45, 2.75) is 64.3 Å². The molecule has 3 rings (SSSR count). The van der Waals surface area contributed by atoms with Gasteiger partial charge in [-0.05, 0) is 50.4 Å². The number of carbonyl (C=O) groups is 1. The summed E-state index contributed by atoms with van der Waals surface area (Å²) in [5.41, 5.74) is 5.45. The third-order valence-corrected chi connectivity index (χ3v) is 6.17. The Hall–Kier alpha value is -0.640. The van der Waals surface area contributed by atoms with E-state index in [1.54, 1.807) is 0 Å². The molecule has 2 saturated carbocycles. The lowest BCUT2D eigenvalue weighted by Gasteiger charge is -2.51. The van der Waals surface area contributed by atoms with Crippen molar-refractivity contribution in [2.75, 3.05) is 6.54 Å². The minimum Gasteiger partial charge on any atom is -0.392 e. The zero-order chi connectivity index (χ0) is 14.3. The molecule has 3 aliphatic rings. The first-order valence-corrected chi connectivity index (χ1v) is 8.56. The Labute approximate surface area is 127 Å². The van der Waals surface area contributed by atoms with Crippen LogP contribution >= 0.6 is 12.2 Å². The Balaban J connectivity index is 1.80. The van der Waals surface area contributed by atoms with Gasteiger partial charge in [-0.2, -0.15) is 0 Å². The third-order valence-electron chi connectivity index (χ3n) is 5.78. The van der Waals surface area contributed by atoms with E-state index in [4.69, 9.17) is 18.0 Å². The SMILES string of the molecule is CC1CC(C(=O)N2CCCC3CCCCC32)(C(N)=S)C1. The highest BCUT2D eigenvalue weighted by atomic mass is 32.1. The summed E-state index contributed by atoms with van der Waals surface area (Å²) in [7, 11) is 0. The Kier molecular flexibility index (Phi) is 3.78. The molecule has 112 valence electrons. The van der Waals surface area contributed by atoms with E-state index in [1.807, 2.05) is 0 Å². The molecule has 3 fully saturated rings. The number of carbonyl (C=O) groups excluding carboxylic acids is 1. The van der Waals surface area contributed by atoms with E-state index < -0.39 is 5.41 Å². The van der Waals surface area contributed by atoms with Crippen molar-refractivity contribution in [3.05, 3.63) is 0 Å². The van der Waals surface area contributed by atoms with Crippen molar-refractivity contribution in [1.82, 2.24) is 4.90 Å². The fourth-order valence-electron chi connectivity index (χ4n) is 4.76. The van der Waals surface area contributed by atoms with Crippen molar-refractivity contribution in [3.63, 3.8) is 0 Å². The van der Waals surface area contributed by atoms with Crippen LogP contribution in [0.4, 0.5) is 0 Å². The Morgan fingerprint density at radius 2 is 1.85 bits per heavy atom. The number of fused-ring (bicyclic) bond motifs is 1. The summed E-state index contributed by atoms with van der Waals surface area (Å²) < 4.78 is 0. The monoisotopic (exact) mass is 294 g/mol. The largest absolute Gasteiger partial charge is 0.392 e. The molecule has 0 aromatic rings. The van der Waals surface area contributed by atoms with Crippen LogP contribution in [-0.2, 0) is 4.79 Å². The molecule has 2 atom stereocenters. The topological polar surface area (TPSA) is 46.3 Å². The second-order valence-electron chi connectivity index (χ2n) is 7.21. The Morgan fingerprint density at radius 1 is 1.20 bits per heavy atom. The van der Waals surface area contributed by atoms with Crippen LogP contribution in [0.3, 0.4) is 0 Å². The van der Waals surface area contributed by atoms with E-state index in [9.17, 15) is 4.79 Å². The van der Waals surface area contributed by atoms with Crippen LogP contribution in [0.2, 0.25) is 0 Å². The number of thiocarbonyl (C=S) groups is 1. The number of nitrogens with zero attached hydrogens (tertiary/aromatic N) is 1. The van der Waals surface area contributed by atoms with Crippen molar-refractivity contribution in [1.29, 1.82) is 0 Å². The van der Waals surface area contributed by atoms with Gasteiger partial charge in [-0.25, -0.2) is 0 Å². The van der Waals surface area contributed by atoms with Gasteiger partial charge in [0.25, 0.3) is 0 Å². The van der Waals surface area contributed by atoms with E-state index >= 15 is 0 Å². The van der Waals surface area contributed by atoms with Crippen LogP contribution in [0, 0.1) is 17.3 Å². The van der Waals surface area contributed by atoms with Crippen molar-refractivity contribution in [3.8, 4) is 0 Å². The number of likely N-dealkylation sites (tertiary alicyclic amines) is 1. The second kappa shape index (κ2) is 5.28. The van der Waals surface area contributed by atoms with Gasteiger partial charge in [0.15, 0.2) is 0 Å². The number of hydrogen-bond donors (Lipinski definition) is 1. The predicted octanol–water partition coefficient (Wildman–Crippen LogP) is 2.87. The lowest BCUT2D eigenvalue weighted by atomic mass is 9.61. The molecule has 0 bridgehead atoms.